The molecule has 7 heteroatoms. The second-order valence-electron chi connectivity index (χ2n) is 8.22. The molecular weight excluding hydrogens is 430 g/mol. The molecule has 1 atom stereocenters. The van der Waals surface area contributed by atoms with Crippen LogP contribution >= 0.6 is 0 Å². The van der Waals surface area contributed by atoms with Gasteiger partial charge in [0.05, 0.1) is 12.5 Å². The van der Waals surface area contributed by atoms with Crippen LogP contribution in [0.5, 0.6) is 11.6 Å². The van der Waals surface area contributed by atoms with Gasteiger partial charge < -0.3 is 14.4 Å². The van der Waals surface area contributed by atoms with Gasteiger partial charge in [-0.2, -0.15) is 4.98 Å². The predicted octanol–water partition coefficient (Wildman–Crippen LogP) is 4.91. The molecule has 1 saturated heterocycles. The molecule has 3 aromatic rings. The standard InChI is InChI=1S/C27H29N3O4/c1-3-19-10-8-14-22(16-19)34-25-23(17-28-24(29-25)20-11-6-5-7-12-20)26(31)30-15-9-13-21(18-30)27(32)33-4-2/h5-8,10-12,14,16-17,21H,3-4,9,13,15,18H2,1-2H3/t21-/m0/s1. The van der Waals surface area contributed by atoms with Gasteiger partial charge in [-0.3, -0.25) is 9.59 Å². The Labute approximate surface area is 199 Å². The first-order valence-electron chi connectivity index (χ1n) is 11.7. The summed E-state index contributed by atoms with van der Waals surface area (Å²) in [6.07, 6.45) is 3.82. The van der Waals surface area contributed by atoms with E-state index in [4.69, 9.17) is 9.47 Å². The number of esters is 1. The van der Waals surface area contributed by atoms with Gasteiger partial charge in [0.2, 0.25) is 5.88 Å². The highest BCUT2D eigenvalue weighted by atomic mass is 16.5. The fourth-order valence-corrected chi connectivity index (χ4v) is 4.04. The van der Waals surface area contributed by atoms with Gasteiger partial charge in [-0.25, -0.2) is 4.98 Å². The minimum atomic E-state index is -0.326. The Morgan fingerprint density at radius 2 is 1.91 bits per heavy atom. The zero-order valence-corrected chi connectivity index (χ0v) is 19.6. The number of aryl methyl sites for hydroxylation is 1. The molecule has 0 spiro atoms. The number of benzene rings is 2. The molecule has 0 radical (unpaired) electrons. The third-order valence-electron chi connectivity index (χ3n) is 5.87. The summed E-state index contributed by atoms with van der Waals surface area (Å²) in [7, 11) is 0. The molecule has 4 rings (SSSR count). The van der Waals surface area contributed by atoms with Crippen molar-refractivity contribution in [2.45, 2.75) is 33.1 Å². The van der Waals surface area contributed by atoms with Crippen molar-refractivity contribution in [2.24, 2.45) is 5.92 Å². The Kier molecular flexibility index (Phi) is 7.52. The molecule has 1 aromatic heterocycles. The molecular formula is C27H29N3O4. The van der Waals surface area contributed by atoms with Crippen molar-refractivity contribution >= 4 is 11.9 Å². The van der Waals surface area contributed by atoms with Crippen molar-refractivity contribution in [3.63, 3.8) is 0 Å². The van der Waals surface area contributed by atoms with Crippen LogP contribution in [0.3, 0.4) is 0 Å². The molecule has 0 N–H and O–H groups in total. The van der Waals surface area contributed by atoms with E-state index >= 15 is 0 Å². The van der Waals surface area contributed by atoms with Crippen molar-refractivity contribution in [3.05, 3.63) is 71.9 Å². The Hall–Kier alpha value is -3.74. The highest BCUT2D eigenvalue weighted by molar-refractivity contribution is 5.96. The van der Waals surface area contributed by atoms with Crippen LogP contribution < -0.4 is 4.74 Å². The smallest absolute Gasteiger partial charge is 0.310 e. The first-order valence-corrected chi connectivity index (χ1v) is 11.7. The van der Waals surface area contributed by atoms with Gasteiger partial charge in [0, 0.05) is 24.8 Å². The normalized spacial score (nSPS) is 15.6. The van der Waals surface area contributed by atoms with Crippen molar-refractivity contribution in [1.29, 1.82) is 0 Å². The molecule has 0 aliphatic carbocycles. The van der Waals surface area contributed by atoms with E-state index in [9.17, 15) is 9.59 Å². The Morgan fingerprint density at radius 1 is 1.09 bits per heavy atom. The predicted molar refractivity (Wildman–Crippen MR) is 129 cm³/mol. The number of likely N-dealkylation sites (tertiary alicyclic amines) is 1. The van der Waals surface area contributed by atoms with E-state index in [1.165, 1.54) is 6.20 Å². The second-order valence-corrected chi connectivity index (χ2v) is 8.22. The highest BCUT2D eigenvalue weighted by Gasteiger charge is 2.31. The lowest BCUT2D eigenvalue weighted by Gasteiger charge is -2.31. The van der Waals surface area contributed by atoms with Crippen LogP contribution in [0.15, 0.2) is 60.8 Å². The van der Waals surface area contributed by atoms with E-state index in [0.29, 0.717) is 37.7 Å². The van der Waals surface area contributed by atoms with Crippen molar-refractivity contribution in [2.75, 3.05) is 19.7 Å². The monoisotopic (exact) mass is 459 g/mol. The van der Waals surface area contributed by atoms with Gasteiger partial charge in [-0.1, -0.05) is 49.4 Å². The van der Waals surface area contributed by atoms with E-state index in [2.05, 4.69) is 16.9 Å². The molecule has 1 fully saturated rings. The molecule has 34 heavy (non-hydrogen) atoms. The zero-order chi connectivity index (χ0) is 23.9. The number of hydrogen-bond acceptors (Lipinski definition) is 6. The minimum absolute atomic E-state index is 0.199. The summed E-state index contributed by atoms with van der Waals surface area (Å²) < 4.78 is 11.3. The number of carbonyl (C=O) groups is 2. The summed E-state index contributed by atoms with van der Waals surface area (Å²) in [5.41, 5.74) is 2.22. The molecule has 2 aromatic carbocycles. The summed E-state index contributed by atoms with van der Waals surface area (Å²) in [4.78, 5) is 36.5. The number of amides is 1. The Morgan fingerprint density at radius 3 is 2.68 bits per heavy atom. The SMILES string of the molecule is CCOC(=O)[C@H]1CCCN(C(=O)c2cnc(-c3ccccc3)nc2Oc2cccc(CC)c2)C1. The van der Waals surface area contributed by atoms with Crippen molar-refractivity contribution in [1.82, 2.24) is 14.9 Å². The fourth-order valence-electron chi connectivity index (χ4n) is 4.04. The van der Waals surface area contributed by atoms with Crippen molar-refractivity contribution in [3.8, 4) is 23.0 Å². The van der Waals surface area contributed by atoms with Gasteiger partial charge in [0.25, 0.3) is 5.91 Å². The van der Waals surface area contributed by atoms with Crippen LogP contribution in [0.4, 0.5) is 0 Å². The van der Waals surface area contributed by atoms with E-state index < -0.39 is 0 Å². The van der Waals surface area contributed by atoms with Gasteiger partial charge in [0.1, 0.15) is 11.3 Å². The van der Waals surface area contributed by atoms with E-state index in [-0.39, 0.29) is 29.2 Å². The van der Waals surface area contributed by atoms with Crippen LogP contribution in [0.1, 0.15) is 42.6 Å². The number of rotatable bonds is 7. The third kappa shape index (κ3) is 5.42. The molecule has 1 aliphatic rings. The molecule has 176 valence electrons. The maximum Gasteiger partial charge on any atom is 0.310 e. The summed E-state index contributed by atoms with van der Waals surface area (Å²) >= 11 is 0. The summed E-state index contributed by atoms with van der Waals surface area (Å²) in [6, 6.07) is 17.3. The molecule has 2 heterocycles. The first kappa shape index (κ1) is 23.4. The molecule has 1 amide bonds. The molecule has 0 saturated carbocycles. The minimum Gasteiger partial charge on any atom is -0.466 e. The number of hydrogen-bond donors (Lipinski definition) is 0. The van der Waals surface area contributed by atoms with Crippen molar-refractivity contribution < 1.29 is 19.1 Å². The van der Waals surface area contributed by atoms with Gasteiger partial charge in [-0.15, -0.1) is 0 Å². The Balaban J connectivity index is 1.66. The quantitative estimate of drug-likeness (QED) is 0.467. The molecule has 0 unspecified atom stereocenters. The number of piperidine rings is 1. The average molecular weight is 460 g/mol. The van der Waals surface area contributed by atoms with E-state index in [0.717, 1.165) is 24.0 Å². The first-order chi connectivity index (χ1) is 16.6. The van der Waals surface area contributed by atoms with Crippen LogP contribution in [0, 0.1) is 5.92 Å². The summed E-state index contributed by atoms with van der Waals surface area (Å²) in [5, 5.41) is 0. The number of aromatic nitrogens is 2. The molecule has 7 nitrogen and oxygen atoms in total. The van der Waals surface area contributed by atoms with E-state index in [1.54, 1.807) is 11.8 Å². The Bertz CT molecular complexity index is 1150. The summed E-state index contributed by atoms with van der Waals surface area (Å²) in [5.74, 6) is 0.438. The fraction of sp³-hybridized carbons (Fsp3) is 0.333. The molecule has 0 bridgehead atoms. The van der Waals surface area contributed by atoms with Crippen LogP contribution in [-0.4, -0.2) is 46.4 Å². The van der Waals surface area contributed by atoms with Crippen LogP contribution in [0.2, 0.25) is 0 Å². The van der Waals surface area contributed by atoms with Gasteiger partial charge >= 0.3 is 5.97 Å². The lowest BCUT2D eigenvalue weighted by atomic mass is 9.97. The maximum absolute atomic E-state index is 13.5. The van der Waals surface area contributed by atoms with Crippen LogP contribution in [-0.2, 0) is 16.0 Å². The van der Waals surface area contributed by atoms with E-state index in [1.807, 2.05) is 54.6 Å². The number of ether oxygens (including phenoxy) is 2. The van der Waals surface area contributed by atoms with Crippen LogP contribution in [0.25, 0.3) is 11.4 Å². The largest absolute Gasteiger partial charge is 0.466 e. The van der Waals surface area contributed by atoms with Gasteiger partial charge in [-0.05, 0) is 43.9 Å². The molecule has 1 aliphatic heterocycles. The third-order valence-corrected chi connectivity index (χ3v) is 5.87. The average Bonchev–Trinajstić information content (AvgIpc) is 2.89. The lowest BCUT2D eigenvalue weighted by Crippen LogP contribution is -2.43. The lowest BCUT2D eigenvalue weighted by molar-refractivity contribution is -0.149. The number of nitrogens with zero attached hydrogens (tertiary/aromatic N) is 3. The highest BCUT2D eigenvalue weighted by Crippen LogP contribution is 2.29. The second kappa shape index (κ2) is 10.9. The topological polar surface area (TPSA) is 81.6 Å². The summed E-state index contributed by atoms with van der Waals surface area (Å²) in [6.45, 7) is 5.05. The number of carbonyl (C=O) groups excluding carboxylic acids is 2. The zero-order valence-electron chi connectivity index (χ0n) is 19.6. The maximum atomic E-state index is 13.5. The van der Waals surface area contributed by atoms with Gasteiger partial charge in [0.15, 0.2) is 5.82 Å².